The molecular formula is C16H16Cl2N2+2. The Hall–Kier alpha value is -1.06. The van der Waals surface area contributed by atoms with E-state index in [9.17, 15) is 0 Å². The van der Waals surface area contributed by atoms with Crippen LogP contribution in [0.1, 0.15) is 12.8 Å². The molecule has 0 saturated carbocycles. The minimum absolute atomic E-state index is 0.797. The molecule has 2 nitrogen and oxygen atoms in total. The minimum atomic E-state index is 0.797. The minimum Gasteiger partial charge on any atom is -0.170 e. The van der Waals surface area contributed by atoms with Crippen LogP contribution in [0.3, 0.4) is 0 Å². The summed E-state index contributed by atoms with van der Waals surface area (Å²) in [5.41, 5.74) is 2.80. The van der Waals surface area contributed by atoms with Gasteiger partial charge in [0.25, 0.3) is 0 Å². The topological polar surface area (TPSA) is 0 Å². The molecule has 20 heavy (non-hydrogen) atoms. The van der Waals surface area contributed by atoms with Crippen LogP contribution >= 0.6 is 23.2 Å². The van der Waals surface area contributed by atoms with Gasteiger partial charge in [0.1, 0.15) is 11.4 Å². The Morgan fingerprint density at radius 1 is 0.800 bits per heavy atom. The number of halogens is 2. The molecule has 1 fully saturated rings. The molecule has 0 atom stereocenters. The summed E-state index contributed by atoms with van der Waals surface area (Å²) in [5, 5.41) is 1.76. The van der Waals surface area contributed by atoms with E-state index in [0.717, 1.165) is 45.2 Å². The maximum absolute atomic E-state index is 6.06. The van der Waals surface area contributed by atoms with Crippen LogP contribution in [0.5, 0.6) is 0 Å². The molecule has 0 spiro atoms. The molecule has 0 aromatic heterocycles. The van der Waals surface area contributed by atoms with Crippen molar-refractivity contribution in [2.24, 2.45) is 0 Å². The summed E-state index contributed by atoms with van der Waals surface area (Å²) in [6, 6.07) is 8.23. The highest BCUT2D eigenvalue weighted by molar-refractivity contribution is 6.30. The summed E-state index contributed by atoms with van der Waals surface area (Å²) in [6.07, 6.45) is 11.0. The summed E-state index contributed by atoms with van der Waals surface area (Å²) in [7, 11) is 0. The Morgan fingerprint density at radius 3 is 2.15 bits per heavy atom. The number of rotatable bonds is 2. The summed E-state index contributed by atoms with van der Waals surface area (Å²) in [6.45, 7) is 2.16. The van der Waals surface area contributed by atoms with E-state index < -0.39 is 0 Å². The lowest BCUT2D eigenvalue weighted by Crippen LogP contribution is -2.70. The Balaban J connectivity index is 1.62. The Bertz CT molecular complexity index is 650. The second-order valence-corrected chi connectivity index (χ2v) is 6.82. The first kappa shape index (κ1) is 12.7. The fourth-order valence-corrected chi connectivity index (χ4v) is 3.82. The SMILES string of the molecule is ClC1=CC=C([N+]23C=C[N+](c4ccc(Cl)cc4)(C2)C3)CC1. The Kier molecular flexibility index (Phi) is 2.67. The van der Waals surface area contributed by atoms with E-state index in [2.05, 4.69) is 36.7 Å². The predicted octanol–water partition coefficient (Wildman–Crippen LogP) is 4.68. The summed E-state index contributed by atoms with van der Waals surface area (Å²) < 4.78 is 1.93. The number of hydrogen-bond donors (Lipinski definition) is 0. The molecule has 5 rings (SSSR count). The zero-order valence-electron chi connectivity index (χ0n) is 11.1. The van der Waals surface area contributed by atoms with Gasteiger partial charge in [0.05, 0.1) is 0 Å². The van der Waals surface area contributed by atoms with Gasteiger partial charge < -0.3 is 0 Å². The van der Waals surface area contributed by atoms with Gasteiger partial charge in [0.15, 0.2) is 12.4 Å². The van der Waals surface area contributed by atoms with Crippen molar-refractivity contribution < 1.29 is 4.48 Å². The first-order valence-corrected chi connectivity index (χ1v) is 7.63. The number of benzene rings is 1. The maximum Gasteiger partial charge on any atom is 0.234 e. The number of allylic oxidation sites excluding steroid dienone is 4. The van der Waals surface area contributed by atoms with Crippen LogP contribution in [-0.4, -0.2) is 17.8 Å². The predicted molar refractivity (Wildman–Crippen MR) is 83.6 cm³/mol. The van der Waals surface area contributed by atoms with E-state index in [1.807, 2.05) is 12.1 Å². The lowest BCUT2D eigenvalue weighted by Gasteiger charge is -2.47. The highest BCUT2D eigenvalue weighted by Crippen LogP contribution is 2.47. The van der Waals surface area contributed by atoms with E-state index in [1.165, 1.54) is 11.4 Å². The number of hydrogen-bond acceptors (Lipinski definition) is 0. The zero-order valence-corrected chi connectivity index (χ0v) is 12.6. The summed E-state index contributed by atoms with van der Waals surface area (Å²) >= 11 is 12.0. The van der Waals surface area contributed by atoms with Crippen LogP contribution in [0.4, 0.5) is 5.69 Å². The largest absolute Gasteiger partial charge is 0.234 e. The van der Waals surface area contributed by atoms with E-state index in [0.29, 0.717) is 0 Å². The number of quaternary nitrogens is 2. The average Bonchev–Trinajstić information content (AvgIpc) is 2.97. The first-order chi connectivity index (χ1) is 9.62. The molecule has 0 unspecified atom stereocenters. The molecule has 1 aliphatic carbocycles. The summed E-state index contributed by atoms with van der Waals surface area (Å²) in [5.74, 6) is 0. The molecule has 4 aliphatic rings. The van der Waals surface area contributed by atoms with Crippen molar-refractivity contribution in [3.05, 3.63) is 64.6 Å². The van der Waals surface area contributed by atoms with Crippen LogP contribution < -0.4 is 4.48 Å². The van der Waals surface area contributed by atoms with Gasteiger partial charge in [0.2, 0.25) is 13.3 Å². The van der Waals surface area contributed by atoms with Crippen LogP contribution in [0, 0.1) is 0 Å². The van der Waals surface area contributed by atoms with Crippen molar-refractivity contribution in [2.75, 3.05) is 13.3 Å². The van der Waals surface area contributed by atoms with Crippen molar-refractivity contribution in [1.82, 2.24) is 4.48 Å². The molecule has 1 saturated heterocycles. The molecule has 0 amide bonds. The van der Waals surface area contributed by atoms with E-state index in [-0.39, 0.29) is 0 Å². The smallest absolute Gasteiger partial charge is 0.170 e. The van der Waals surface area contributed by atoms with Gasteiger partial charge in [-0.05, 0) is 30.7 Å². The van der Waals surface area contributed by atoms with Crippen LogP contribution in [0.2, 0.25) is 5.02 Å². The summed E-state index contributed by atoms with van der Waals surface area (Å²) in [4.78, 5) is 0. The van der Waals surface area contributed by atoms with Gasteiger partial charge in [-0.1, -0.05) is 23.2 Å². The second kappa shape index (κ2) is 4.22. The van der Waals surface area contributed by atoms with Crippen molar-refractivity contribution >= 4 is 28.9 Å². The third-order valence-electron chi connectivity index (χ3n) is 4.64. The normalized spacial score (nSPS) is 34.5. The highest BCUT2D eigenvalue weighted by Gasteiger charge is 2.63. The second-order valence-electron chi connectivity index (χ2n) is 5.90. The lowest BCUT2D eigenvalue weighted by atomic mass is 10.1. The third kappa shape index (κ3) is 1.73. The zero-order chi connectivity index (χ0) is 13.8. The van der Waals surface area contributed by atoms with Gasteiger partial charge in [-0.3, -0.25) is 0 Å². The van der Waals surface area contributed by atoms with Crippen molar-refractivity contribution in [2.45, 2.75) is 12.8 Å². The molecule has 2 bridgehead atoms. The van der Waals surface area contributed by atoms with Crippen molar-refractivity contribution in [3.63, 3.8) is 0 Å². The molecule has 1 aromatic carbocycles. The Morgan fingerprint density at radius 2 is 1.50 bits per heavy atom. The Labute approximate surface area is 129 Å². The van der Waals surface area contributed by atoms with Crippen molar-refractivity contribution in [1.29, 1.82) is 0 Å². The van der Waals surface area contributed by atoms with Gasteiger partial charge in [-0.15, -0.1) is 0 Å². The van der Waals surface area contributed by atoms with E-state index in [1.54, 1.807) is 0 Å². The van der Waals surface area contributed by atoms with Gasteiger partial charge in [-0.2, -0.15) is 8.97 Å². The quantitative estimate of drug-likeness (QED) is 0.696. The van der Waals surface area contributed by atoms with Gasteiger partial charge in [-0.25, -0.2) is 0 Å². The van der Waals surface area contributed by atoms with Crippen LogP contribution in [-0.2, 0) is 0 Å². The van der Waals surface area contributed by atoms with Crippen LogP contribution in [0.15, 0.2) is 59.5 Å². The first-order valence-electron chi connectivity index (χ1n) is 6.88. The van der Waals surface area contributed by atoms with Gasteiger partial charge in [0, 0.05) is 28.6 Å². The fourth-order valence-electron chi connectivity index (χ4n) is 3.54. The molecule has 4 heteroatoms. The lowest BCUT2D eigenvalue weighted by molar-refractivity contribution is -0.899. The molecule has 102 valence electrons. The molecule has 3 heterocycles. The standard InChI is InChI=1S/C16H16Cl2N2/c17-13-1-5-15(6-2-13)19-9-10-20(11-19,12-19)16-7-3-14(18)4-8-16/h1-3,5-7,9-10H,4,8,11-12H2/q+2. The van der Waals surface area contributed by atoms with E-state index >= 15 is 0 Å². The molecular weight excluding hydrogens is 291 g/mol. The highest BCUT2D eigenvalue weighted by atomic mass is 35.5. The number of nitrogens with zero attached hydrogens (tertiary/aromatic N) is 2. The monoisotopic (exact) mass is 306 g/mol. The molecule has 1 aromatic rings. The maximum atomic E-state index is 6.06. The third-order valence-corrected chi connectivity index (χ3v) is 5.20. The van der Waals surface area contributed by atoms with Crippen LogP contribution in [0.25, 0.3) is 0 Å². The molecule has 3 aliphatic heterocycles. The van der Waals surface area contributed by atoms with E-state index in [4.69, 9.17) is 23.2 Å². The van der Waals surface area contributed by atoms with Gasteiger partial charge >= 0.3 is 0 Å². The van der Waals surface area contributed by atoms with Crippen molar-refractivity contribution in [3.8, 4) is 0 Å². The average molecular weight is 307 g/mol. The molecule has 0 radical (unpaired) electrons. The fraction of sp³-hybridized carbons (Fsp3) is 0.250. The molecule has 0 N–H and O–H groups in total.